The molecule has 5 fully saturated rings. The number of carbonyl (C=O) groups is 1. The van der Waals surface area contributed by atoms with Crippen LogP contribution in [0.1, 0.15) is 72.6 Å². The molecule has 5 aliphatic rings. The number of hydrogen-bond donors (Lipinski definition) is 1. The lowest BCUT2D eigenvalue weighted by atomic mass is 9.79. The molecule has 49 heavy (non-hydrogen) atoms. The maximum Gasteiger partial charge on any atom is 0.226 e. The third kappa shape index (κ3) is 4.90. The Balaban J connectivity index is 1.30. The van der Waals surface area contributed by atoms with Gasteiger partial charge in [0.2, 0.25) is 5.91 Å². The summed E-state index contributed by atoms with van der Waals surface area (Å²) in [4.78, 5) is 21.1. The summed E-state index contributed by atoms with van der Waals surface area (Å²) < 4.78 is 19.6. The first-order chi connectivity index (χ1) is 23.8. The minimum Gasteiger partial charge on any atom is -0.337 e. The van der Waals surface area contributed by atoms with Crippen molar-refractivity contribution in [1.29, 1.82) is 5.26 Å². The topological polar surface area (TPSA) is 74.0 Å². The van der Waals surface area contributed by atoms with Crippen molar-refractivity contribution in [2.24, 2.45) is 11.8 Å². The lowest BCUT2D eigenvalue weighted by Crippen LogP contribution is -2.41. The molecule has 1 amide bonds. The second-order valence-corrected chi connectivity index (χ2v) is 15.2. The van der Waals surface area contributed by atoms with E-state index >= 15 is 4.39 Å². The van der Waals surface area contributed by atoms with E-state index in [2.05, 4.69) is 51.2 Å². The molecule has 5 unspecified atom stereocenters. The van der Waals surface area contributed by atoms with Gasteiger partial charge in [-0.05, 0) is 74.3 Å². The van der Waals surface area contributed by atoms with Crippen molar-refractivity contribution in [2.45, 2.75) is 69.5 Å². The van der Waals surface area contributed by atoms with Gasteiger partial charge in [0.15, 0.2) is 5.82 Å². The molecule has 6 nitrogen and oxygen atoms in total. The van der Waals surface area contributed by atoms with Crippen molar-refractivity contribution in [1.82, 2.24) is 19.8 Å². The van der Waals surface area contributed by atoms with E-state index < -0.39 is 5.82 Å². The van der Waals surface area contributed by atoms with Crippen LogP contribution in [0.25, 0.3) is 32.9 Å². The van der Waals surface area contributed by atoms with E-state index in [1.807, 2.05) is 19.1 Å². The summed E-state index contributed by atoms with van der Waals surface area (Å²) in [5.41, 5.74) is 5.88. The van der Waals surface area contributed by atoms with Crippen molar-refractivity contribution >= 4 is 50.9 Å². The van der Waals surface area contributed by atoms with Crippen molar-refractivity contribution in [3.8, 4) is 17.2 Å². The molecular formula is C40H36Cl2FN5O. The maximum absolute atomic E-state index is 17.1. The number of nitrogens with one attached hydrogen (secondary N) is 1. The fourth-order valence-corrected chi connectivity index (χ4v) is 9.38. The predicted octanol–water partition coefficient (Wildman–Crippen LogP) is 9.07. The Morgan fingerprint density at radius 1 is 1.08 bits per heavy atom. The minimum atomic E-state index is -0.459. The van der Waals surface area contributed by atoms with E-state index in [4.69, 9.17) is 28.2 Å². The average molecular weight is 693 g/mol. The van der Waals surface area contributed by atoms with Crippen LogP contribution in [0.4, 0.5) is 4.39 Å². The molecule has 9 heteroatoms. The van der Waals surface area contributed by atoms with Gasteiger partial charge in [-0.3, -0.25) is 4.79 Å². The second-order valence-electron chi connectivity index (χ2n) is 14.4. The number of rotatable bonds is 7. The Hall–Kier alpha value is -3.96. The van der Waals surface area contributed by atoms with Gasteiger partial charge in [0.1, 0.15) is 5.52 Å². The number of nitriles is 1. The first kappa shape index (κ1) is 31.1. The van der Waals surface area contributed by atoms with Crippen molar-refractivity contribution in [3.05, 3.63) is 99.0 Å². The predicted molar refractivity (Wildman–Crippen MR) is 191 cm³/mol. The Morgan fingerprint density at radius 2 is 1.90 bits per heavy atom. The standard InChI is InChI=1S/C40H36Cl2FN5O/c1-21-28-18-33(32-17-26(22-7-3-2-4-8-22)20-47(32)40(49)23-12-13-23)48(38-25-16-31(38)45-19-25)39(28)29-15-24(9-6-14-44)34(36(43)37(29)46-21)27-10-5-11-30(41)35(27)42/h2-5,7-8,10-11,15,18,23,25-26,31-32,38,45H,6,9,12-13,16-17,19-20H2,1H3. The molecule has 0 radical (unpaired) electrons. The quantitative estimate of drug-likeness (QED) is 0.185. The van der Waals surface area contributed by atoms with Gasteiger partial charge >= 0.3 is 0 Å². The van der Waals surface area contributed by atoms with E-state index in [0.717, 1.165) is 59.9 Å². The lowest BCUT2D eigenvalue weighted by Gasteiger charge is -2.39. The molecule has 5 aromatic rings. The van der Waals surface area contributed by atoms with Crippen LogP contribution in [-0.4, -0.2) is 39.5 Å². The highest BCUT2D eigenvalue weighted by Gasteiger charge is 2.51. The number of aromatic nitrogens is 2. The smallest absolute Gasteiger partial charge is 0.226 e. The van der Waals surface area contributed by atoms with Crippen molar-refractivity contribution < 1.29 is 9.18 Å². The zero-order chi connectivity index (χ0) is 33.6. The van der Waals surface area contributed by atoms with Gasteiger partial charge in [-0.25, -0.2) is 9.37 Å². The number of benzene rings is 3. The van der Waals surface area contributed by atoms with Gasteiger partial charge in [-0.1, -0.05) is 65.7 Å². The van der Waals surface area contributed by atoms with Crippen LogP contribution in [-0.2, 0) is 11.2 Å². The van der Waals surface area contributed by atoms with E-state index in [-0.39, 0.29) is 46.8 Å². The van der Waals surface area contributed by atoms with Crippen LogP contribution in [0.2, 0.25) is 10.0 Å². The fourth-order valence-electron chi connectivity index (χ4n) is 8.99. The molecule has 5 heterocycles. The van der Waals surface area contributed by atoms with Crippen LogP contribution >= 0.6 is 23.2 Å². The largest absolute Gasteiger partial charge is 0.337 e. The van der Waals surface area contributed by atoms with Gasteiger partial charge in [0.05, 0.1) is 33.7 Å². The molecule has 2 saturated carbocycles. The monoisotopic (exact) mass is 691 g/mol. The van der Waals surface area contributed by atoms with Gasteiger partial charge in [0.25, 0.3) is 0 Å². The summed E-state index contributed by atoms with van der Waals surface area (Å²) in [6.07, 6.45) is 4.42. The van der Waals surface area contributed by atoms with E-state index in [0.29, 0.717) is 46.6 Å². The Kier molecular flexibility index (Phi) is 7.50. The highest BCUT2D eigenvalue weighted by atomic mass is 35.5. The number of likely N-dealkylation sites (tertiary alicyclic amines) is 1. The van der Waals surface area contributed by atoms with Crippen molar-refractivity contribution in [3.63, 3.8) is 0 Å². The number of fused-ring (bicyclic) bond motifs is 4. The van der Waals surface area contributed by atoms with Crippen LogP contribution in [0.15, 0.2) is 60.7 Å². The van der Waals surface area contributed by atoms with Crippen molar-refractivity contribution in [2.75, 3.05) is 13.1 Å². The molecule has 2 aromatic heterocycles. The van der Waals surface area contributed by atoms with Gasteiger partial charge < -0.3 is 14.8 Å². The number of aryl methyl sites for hydroxylation is 2. The summed E-state index contributed by atoms with van der Waals surface area (Å²) in [6.45, 7) is 3.58. The number of nitrogens with zero attached hydrogens (tertiary/aromatic N) is 4. The molecule has 1 N–H and O–H groups in total. The molecular weight excluding hydrogens is 656 g/mol. The van der Waals surface area contributed by atoms with Gasteiger partial charge in [0, 0.05) is 70.7 Å². The Bertz CT molecular complexity index is 2190. The SMILES string of the molecule is Cc1nc2c(F)c(-c3cccc(Cl)c3Cl)c(CCC#N)cc2c2c1cc(C1CC(c3ccccc3)CN1C(=O)C1CC1)n2C1C2CNC1C2. The van der Waals surface area contributed by atoms with E-state index in [1.54, 1.807) is 18.2 Å². The number of carbonyl (C=O) groups excluding carboxylic acids is 1. The van der Waals surface area contributed by atoms with Crippen LogP contribution in [0, 0.1) is 35.9 Å². The third-order valence-corrected chi connectivity index (χ3v) is 12.4. The Labute approximate surface area is 294 Å². The molecule has 2 aliphatic carbocycles. The minimum absolute atomic E-state index is 0.104. The first-order valence-corrected chi connectivity index (χ1v) is 18.2. The molecule has 3 saturated heterocycles. The number of halogens is 3. The molecule has 10 rings (SSSR count). The summed E-state index contributed by atoms with van der Waals surface area (Å²) in [6, 6.07) is 22.7. The molecule has 3 aliphatic heterocycles. The Morgan fingerprint density at radius 3 is 2.61 bits per heavy atom. The normalized spacial score (nSPS) is 24.5. The zero-order valence-corrected chi connectivity index (χ0v) is 28.7. The summed E-state index contributed by atoms with van der Waals surface area (Å²) in [5.74, 6) is 0.581. The summed E-state index contributed by atoms with van der Waals surface area (Å²) in [7, 11) is 0. The molecule has 248 valence electrons. The lowest BCUT2D eigenvalue weighted by molar-refractivity contribution is -0.133. The number of hydrogen-bond acceptors (Lipinski definition) is 4. The molecule has 3 aromatic carbocycles. The zero-order valence-electron chi connectivity index (χ0n) is 27.2. The second kappa shape index (κ2) is 11.8. The van der Waals surface area contributed by atoms with Gasteiger partial charge in [-0.15, -0.1) is 0 Å². The van der Waals surface area contributed by atoms with Crippen LogP contribution in [0.5, 0.6) is 0 Å². The van der Waals surface area contributed by atoms with E-state index in [1.165, 1.54) is 5.56 Å². The molecule has 2 bridgehead atoms. The molecule has 5 atom stereocenters. The maximum atomic E-state index is 17.1. The number of pyridine rings is 1. The summed E-state index contributed by atoms with van der Waals surface area (Å²) in [5, 5.41) is 15.6. The summed E-state index contributed by atoms with van der Waals surface area (Å²) >= 11 is 13.1. The fraction of sp³-hybridized carbons (Fsp3) is 0.375. The number of amides is 1. The molecule has 0 spiro atoms. The van der Waals surface area contributed by atoms with Gasteiger partial charge in [-0.2, -0.15) is 5.26 Å². The van der Waals surface area contributed by atoms with E-state index in [9.17, 15) is 10.1 Å². The highest BCUT2D eigenvalue weighted by molar-refractivity contribution is 6.43. The first-order valence-electron chi connectivity index (χ1n) is 17.4. The van der Waals surface area contributed by atoms with Crippen LogP contribution in [0.3, 0.4) is 0 Å². The third-order valence-electron chi connectivity index (χ3n) is 11.6. The highest BCUT2D eigenvalue weighted by Crippen LogP contribution is 2.52. The average Bonchev–Trinajstić information content (AvgIpc) is 3.42. The van der Waals surface area contributed by atoms with Crippen LogP contribution < -0.4 is 5.32 Å².